The number of nitrogens with zero attached hydrogens (tertiary/aromatic N) is 2. The number of Topliss-reactive ketones (excluding diaryl/α,β-unsaturated/α-hetero) is 1. The Morgan fingerprint density at radius 2 is 2.33 bits per heavy atom. The average molecular weight is 312 g/mol. The van der Waals surface area contributed by atoms with Gasteiger partial charge in [0.25, 0.3) is 0 Å². The third kappa shape index (κ3) is 4.07. The van der Waals surface area contributed by atoms with Crippen LogP contribution in [0.15, 0.2) is 0 Å². The molecule has 0 aromatic carbocycles. The van der Waals surface area contributed by atoms with Gasteiger partial charge in [0.2, 0.25) is 0 Å². The molecule has 1 N–H and O–H groups in total. The highest BCUT2D eigenvalue weighted by Crippen LogP contribution is 2.25. The highest BCUT2D eigenvalue weighted by atomic mass is 35.5. The fourth-order valence-electron chi connectivity index (χ4n) is 3.19. The smallest absolute Gasteiger partial charge is 0.139 e. The first-order chi connectivity index (χ1) is 10.0. The Hall–Kier alpha value is -0.870. The van der Waals surface area contributed by atoms with Gasteiger partial charge in [-0.1, -0.05) is 18.5 Å². The van der Waals surface area contributed by atoms with E-state index in [0.717, 1.165) is 31.0 Å². The predicted octanol–water partition coefficient (Wildman–Crippen LogP) is 3.00. The van der Waals surface area contributed by atoms with Crippen molar-refractivity contribution in [1.29, 1.82) is 0 Å². The zero-order chi connectivity index (χ0) is 15.4. The molecular weight excluding hydrogens is 286 g/mol. The molecule has 2 atom stereocenters. The van der Waals surface area contributed by atoms with Gasteiger partial charge in [0, 0.05) is 19.4 Å². The van der Waals surface area contributed by atoms with Crippen LogP contribution in [0.3, 0.4) is 0 Å². The van der Waals surface area contributed by atoms with E-state index in [1.807, 2.05) is 18.5 Å². The average Bonchev–Trinajstić information content (AvgIpc) is 2.75. The van der Waals surface area contributed by atoms with Gasteiger partial charge in [-0.25, -0.2) is 0 Å². The van der Waals surface area contributed by atoms with E-state index in [-0.39, 0.29) is 5.78 Å². The Kier molecular flexibility index (Phi) is 5.82. The number of aryl methyl sites for hydroxylation is 2. The van der Waals surface area contributed by atoms with Crippen molar-refractivity contribution in [2.45, 2.75) is 53.0 Å². The minimum absolute atomic E-state index is 0.268. The molecule has 0 saturated carbocycles. The number of nitrogens with one attached hydrogen (secondary N) is 1. The highest BCUT2D eigenvalue weighted by Gasteiger charge is 2.23. The number of hydrogen-bond donors (Lipinski definition) is 1. The molecule has 0 aliphatic carbocycles. The van der Waals surface area contributed by atoms with E-state index < -0.39 is 0 Å². The molecule has 1 aromatic rings. The number of ketones is 1. The number of carbonyl (C=O) groups is 1. The maximum atomic E-state index is 12.4. The number of aromatic nitrogens is 2. The van der Waals surface area contributed by atoms with Crippen LogP contribution in [0, 0.1) is 18.8 Å². The molecule has 0 spiro atoms. The van der Waals surface area contributed by atoms with Crippen LogP contribution in [0.1, 0.15) is 44.5 Å². The Balaban J connectivity index is 1.95. The topological polar surface area (TPSA) is 46.9 Å². The van der Waals surface area contributed by atoms with Crippen LogP contribution in [0.5, 0.6) is 0 Å². The summed E-state index contributed by atoms with van der Waals surface area (Å²) in [7, 11) is 0. The maximum Gasteiger partial charge on any atom is 0.139 e. The number of carbonyl (C=O) groups excluding carboxylic acids is 1. The fraction of sp³-hybridized carbons (Fsp3) is 0.750. The van der Waals surface area contributed by atoms with Gasteiger partial charge in [-0.3, -0.25) is 9.48 Å². The number of hydrogen-bond acceptors (Lipinski definition) is 3. The van der Waals surface area contributed by atoms with Crippen LogP contribution in [0.2, 0.25) is 5.02 Å². The maximum absolute atomic E-state index is 12.4. The molecule has 1 aliphatic heterocycles. The summed E-state index contributed by atoms with van der Waals surface area (Å²) in [5, 5.41) is 8.45. The quantitative estimate of drug-likeness (QED) is 0.878. The van der Waals surface area contributed by atoms with Gasteiger partial charge >= 0.3 is 0 Å². The van der Waals surface area contributed by atoms with E-state index in [2.05, 4.69) is 17.3 Å². The van der Waals surface area contributed by atoms with Gasteiger partial charge < -0.3 is 5.32 Å². The van der Waals surface area contributed by atoms with Gasteiger partial charge in [-0.15, -0.1) is 0 Å². The van der Waals surface area contributed by atoms with Crippen LogP contribution in [0.25, 0.3) is 0 Å². The lowest BCUT2D eigenvalue weighted by Gasteiger charge is -2.28. The van der Waals surface area contributed by atoms with Gasteiger partial charge in [-0.2, -0.15) is 5.10 Å². The van der Waals surface area contributed by atoms with E-state index in [4.69, 9.17) is 11.6 Å². The molecule has 4 nitrogen and oxygen atoms in total. The van der Waals surface area contributed by atoms with Gasteiger partial charge in [0.1, 0.15) is 5.78 Å². The van der Waals surface area contributed by atoms with Gasteiger partial charge in [0.05, 0.1) is 16.4 Å². The molecule has 1 aliphatic rings. The number of piperidine rings is 1. The molecule has 1 fully saturated rings. The molecule has 2 heterocycles. The molecule has 0 bridgehead atoms. The Bertz CT molecular complexity index is 492. The lowest BCUT2D eigenvalue weighted by Crippen LogP contribution is -2.34. The minimum Gasteiger partial charge on any atom is -0.316 e. The molecule has 5 heteroatoms. The first-order valence-electron chi connectivity index (χ1n) is 7.97. The van der Waals surface area contributed by atoms with Crippen LogP contribution in [0.4, 0.5) is 0 Å². The molecule has 1 aromatic heterocycles. The van der Waals surface area contributed by atoms with Crippen LogP contribution < -0.4 is 5.32 Å². The first kappa shape index (κ1) is 16.5. The Labute approximate surface area is 132 Å². The molecular formula is C16H26ClN3O. The zero-order valence-electron chi connectivity index (χ0n) is 13.3. The summed E-state index contributed by atoms with van der Waals surface area (Å²) in [5.74, 6) is 1.32. The third-order valence-corrected chi connectivity index (χ3v) is 5.00. The number of rotatable bonds is 6. The van der Waals surface area contributed by atoms with Gasteiger partial charge in [0.15, 0.2) is 0 Å². The SMILES string of the molecule is CCn1nc(C)c(Cl)c1CC(=O)CC(C)C1CCCNC1. The summed E-state index contributed by atoms with van der Waals surface area (Å²) in [6, 6.07) is 0. The van der Waals surface area contributed by atoms with Crippen molar-refractivity contribution >= 4 is 17.4 Å². The van der Waals surface area contributed by atoms with E-state index in [1.54, 1.807) is 0 Å². The number of halogens is 1. The summed E-state index contributed by atoms with van der Waals surface area (Å²) in [6.45, 7) is 9.01. The molecule has 0 radical (unpaired) electrons. The molecule has 2 rings (SSSR count). The monoisotopic (exact) mass is 311 g/mol. The van der Waals surface area contributed by atoms with E-state index in [1.165, 1.54) is 12.8 Å². The second kappa shape index (κ2) is 7.41. The summed E-state index contributed by atoms with van der Waals surface area (Å²) in [6.07, 6.45) is 3.49. The van der Waals surface area contributed by atoms with Crippen LogP contribution >= 0.6 is 11.6 Å². The second-order valence-corrected chi connectivity index (χ2v) is 6.54. The van der Waals surface area contributed by atoms with E-state index in [9.17, 15) is 4.79 Å². The normalized spacial score (nSPS) is 20.5. The van der Waals surface area contributed by atoms with Gasteiger partial charge in [-0.05, 0) is 51.6 Å². The van der Waals surface area contributed by atoms with Crippen molar-refractivity contribution < 1.29 is 4.79 Å². The second-order valence-electron chi connectivity index (χ2n) is 6.17. The Morgan fingerprint density at radius 3 is 2.95 bits per heavy atom. The summed E-state index contributed by atoms with van der Waals surface area (Å²) >= 11 is 6.28. The standard InChI is InChI=1S/C16H26ClN3O/c1-4-20-15(16(17)12(3)19-20)9-14(21)8-11(2)13-6-5-7-18-10-13/h11,13,18H,4-10H2,1-3H3. The molecule has 21 heavy (non-hydrogen) atoms. The highest BCUT2D eigenvalue weighted by molar-refractivity contribution is 6.32. The van der Waals surface area contributed by atoms with Crippen molar-refractivity contribution in [1.82, 2.24) is 15.1 Å². The van der Waals surface area contributed by atoms with E-state index in [0.29, 0.717) is 29.7 Å². The molecule has 0 amide bonds. The van der Waals surface area contributed by atoms with Crippen LogP contribution in [-0.4, -0.2) is 28.7 Å². The minimum atomic E-state index is 0.268. The zero-order valence-corrected chi connectivity index (χ0v) is 14.0. The molecule has 1 saturated heterocycles. The first-order valence-corrected chi connectivity index (χ1v) is 8.34. The third-order valence-electron chi connectivity index (χ3n) is 4.51. The molecule has 2 unspecified atom stereocenters. The predicted molar refractivity (Wildman–Crippen MR) is 85.7 cm³/mol. The lowest BCUT2D eigenvalue weighted by atomic mass is 9.84. The van der Waals surface area contributed by atoms with Crippen molar-refractivity contribution in [3.8, 4) is 0 Å². The van der Waals surface area contributed by atoms with Crippen molar-refractivity contribution in [2.75, 3.05) is 13.1 Å². The van der Waals surface area contributed by atoms with Crippen molar-refractivity contribution in [3.05, 3.63) is 16.4 Å². The summed E-state index contributed by atoms with van der Waals surface area (Å²) in [5.41, 5.74) is 1.68. The lowest BCUT2D eigenvalue weighted by molar-refractivity contribution is -0.119. The largest absolute Gasteiger partial charge is 0.316 e. The Morgan fingerprint density at radius 1 is 1.57 bits per heavy atom. The van der Waals surface area contributed by atoms with Crippen molar-refractivity contribution in [2.24, 2.45) is 11.8 Å². The van der Waals surface area contributed by atoms with E-state index >= 15 is 0 Å². The van der Waals surface area contributed by atoms with Crippen LogP contribution in [-0.2, 0) is 17.8 Å². The summed E-state index contributed by atoms with van der Waals surface area (Å²) < 4.78 is 1.85. The van der Waals surface area contributed by atoms with Crippen molar-refractivity contribution in [3.63, 3.8) is 0 Å². The summed E-state index contributed by atoms with van der Waals surface area (Å²) in [4.78, 5) is 12.4. The fourth-order valence-corrected chi connectivity index (χ4v) is 3.39. The molecule has 118 valence electrons.